The summed E-state index contributed by atoms with van der Waals surface area (Å²) in [5, 5.41) is 8.54. The molecule has 0 aromatic heterocycles. The fourth-order valence-electron chi connectivity index (χ4n) is 1.12. The number of hydrogen-bond acceptors (Lipinski definition) is 2. The van der Waals surface area contributed by atoms with Crippen molar-refractivity contribution in [3.63, 3.8) is 0 Å². The molecular formula is C12H14F2O3. The third-order valence-electron chi connectivity index (χ3n) is 2.20. The first kappa shape index (κ1) is 13.4. The van der Waals surface area contributed by atoms with Crippen molar-refractivity contribution in [2.24, 2.45) is 5.92 Å². The molecule has 0 amide bonds. The minimum Gasteiger partial charge on any atom is -0.481 e. The van der Waals surface area contributed by atoms with Gasteiger partial charge in [0.15, 0.2) is 0 Å². The summed E-state index contributed by atoms with van der Waals surface area (Å²) >= 11 is 0. The first-order chi connectivity index (χ1) is 7.81. The van der Waals surface area contributed by atoms with Gasteiger partial charge in [-0.15, -0.1) is 0 Å². The van der Waals surface area contributed by atoms with E-state index in [4.69, 9.17) is 5.11 Å². The lowest BCUT2D eigenvalue weighted by atomic mass is 10.1. The number of halogens is 2. The van der Waals surface area contributed by atoms with Crippen molar-refractivity contribution in [3.05, 3.63) is 29.8 Å². The fraction of sp³-hybridized carbons (Fsp3) is 0.417. The zero-order chi connectivity index (χ0) is 13.1. The van der Waals surface area contributed by atoms with E-state index < -0.39 is 18.0 Å². The van der Waals surface area contributed by atoms with Crippen molar-refractivity contribution >= 4 is 5.97 Å². The van der Waals surface area contributed by atoms with Gasteiger partial charge in [0.25, 0.3) is 0 Å². The van der Waals surface area contributed by atoms with E-state index in [-0.39, 0.29) is 12.2 Å². The van der Waals surface area contributed by atoms with Gasteiger partial charge < -0.3 is 9.84 Å². The number of alkyl halides is 2. The van der Waals surface area contributed by atoms with Crippen molar-refractivity contribution in [2.75, 3.05) is 0 Å². The number of carboxylic acid groups (broad SMARTS) is 1. The Morgan fingerprint density at radius 3 is 2.29 bits per heavy atom. The van der Waals surface area contributed by atoms with E-state index in [1.54, 1.807) is 0 Å². The molecule has 0 fully saturated rings. The maximum absolute atomic E-state index is 13.2. The molecule has 0 saturated carbocycles. The summed E-state index contributed by atoms with van der Waals surface area (Å²) in [7, 11) is 0. The molecule has 0 aliphatic carbocycles. The molecular weight excluding hydrogens is 230 g/mol. The monoisotopic (exact) mass is 244 g/mol. The zero-order valence-corrected chi connectivity index (χ0v) is 9.61. The molecule has 0 atom stereocenters. The van der Waals surface area contributed by atoms with E-state index >= 15 is 0 Å². The maximum atomic E-state index is 13.2. The number of aliphatic carboxylic acids is 1. The predicted octanol–water partition coefficient (Wildman–Crippen LogP) is 2.94. The highest BCUT2D eigenvalue weighted by molar-refractivity contribution is 5.70. The van der Waals surface area contributed by atoms with E-state index in [0.29, 0.717) is 5.56 Å². The van der Waals surface area contributed by atoms with Crippen LogP contribution in [0.2, 0.25) is 0 Å². The largest absolute Gasteiger partial charge is 0.481 e. The summed E-state index contributed by atoms with van der Waals surface area (Å²) in [6.07, 6.45) is -3.37. The minimum atomic E-state index is -3.23. The molecule has 94 valence electrons. The van der Waals surface area contributed by atoms with Crippen LogP contribution in [-0.2, 0) is 11.2 Å². The SMILES string of the molecule is CC(C)C(F)(F)Oc1ccc(CC(=O)O)cc1. The molecule has 0 aliphatic rings. The predicted molar refractivity (Wildman–Crippen MR) is 58.2 cm³/mol. The second kappa shape index (κ2) is 5.12. The van der Waals surface area contributed by atoms with E-state index in [1.165, 1.54) is 38.1 Å². The summed E-state index contributed by atoms with van der Waals surface area (Å²) in [6, 6.07) is 5.60. The second-order valence-electron chi connectivity index (χ2n) is 4.03. The average Bonchev–Trinajstić information content (AvgIpc) is 2.19. The van der Waals surface area contributed by atoms with Crippen molar-refractivity contribution in [1.82, 2.24) is 0 Å². The van der Waals surface area contributed by atoms with Crippen molar-refractivity contribution < 1.29 is 23.4 Å². The van der Waals surface area contributed by atoms with Crippen LogP contribution in [0.3, 0.4) is 0 Å². The minimum absolute atomic E-state index is 0.0258. The fourth-order valence-corrected chi connectivity index (χ4v) is 1.12. The smallest absolute Gasteiger partial charge is 0.400 e. The third-order valence-corrected chi connectivity index (χ3v) is 2.20. The summed E-state index contributed by atoms with van der Waals surface area (Å²) in [5.74, 6) is -1.87. The highest BCUT2D eigenvalue weighted by Gasteiger charge is 2.35. The van der Waals surface area contributed by atoms with Crippen LogP contribution < -0.4 is 4.74 Å². The van der Waals surface area contributed by atoms with Gasteiger partial charge in [-0.2, -0.15) is 8.78 Å². The van der Waals surface area contributed by atoms with Gasteiger partial charge in [0.1, 0.15) is 5.75 Å². The van der Waals surface area contributed by atoms with Gasteiger partial charge >= 0.3 is 12.1 Å². The molecule has 0 spiro atoms. The second-order valence-corrected chi connectivity index (χ2v) is 4.03. The Morgan fingerprint density at radius 2 is 1.88 bits per heavy atom. The van der Waals surface area contributed by atoms with Gasteiger partial charge in [-0.25, -0.2) is 0 Å². The molecule has 1 aromatic rings. The Bertz CT molecular complexity index is 385. The number of hydrogen-bond donors (Lipinski definition) is 1. The quantitative estimate of drug-likeness (QED) is 0.866. The van der Waals surface area contributed by atoms with E-state index in [9.17, 15) is 13.6 Å². The molecule has 1 rings (SSSR count). The Labute approximate surface area is 98.0 Å². The highest BCUT2D eigenvalue weighted by atomic mass is 19.3. The molecule has 3 nitrogen and oxygen atoms in total. The summed E-state index contributed by atoms with van der Waals surface area (Å²) in [5.41, 5.74) is 0.540. The molecule has 0 bridgehead atoms. The molecule has 5 heteroatoms. The van der Waals surface area contributed by atoms with E-state index in [1.807, 2.05) is 0 Å². The first-order valence-corrected chi connectivity index (χ1v) is 5.19. The van der Waals surface area contributed by atoms with Crippen LogP contribution in [0.15, 0.2) is 24.3 Å². The molecule has 0 radical (unpaired) electrons. The molecule has 0 saturated heterocycles. The third kappa shape index (κ3) is 4.01. The van der Waals surface area contributed by atoms with Crippen LogP contribution in [0.4, 0.5) is 8.78 Å². The first-order valence-electron chi connectivity index (χ1n) is 5.19. The highest BCUT2D eigenvalue weighted by Crippen LogP contribution is 2.28. The van der Waals surface area contributed by atoms with Crippen LogP contribution in [0.5, 0.6) is 5.75 Å². The normalized spacial score (nSPS) is 11.6. The number of carbonyl (C=O) groups is 1. The molecule has 17 heavy (non-hydrogen) atoms. The van der Waals surface area contributed by atoms with Crippen molar-refractivity contribution in [1.29, 1.82) is 0 Å². The number of benzene rings is 1. The summed E-state index contributed by atoms with van der Waals surface area (Å²) in [4.78, 5) is 10.4. The Morgan fingerprint density at radius 1 is 1.35 bits per heavy atom. The summed E-state index contributed by atoms with van der Waals surface area (Å²) in [6.45, 7) is 2.72. The average molecular weight is 244 g/mol. The molecule has 0 heterocycles. The van der Waals surface area contributed by atoms with Gasteiger partial charge in [0.05, 0.1) is 12.3 Å². The van der Waals surface area contributed by atoms with Gasteiger partial charge in [0, 0.05) is 0 Å². The van der Waals surface area contributed by atoms with Gasteiger partial charge in [-0.1, -0.05) is 26.0 Å². The Hall–Kier alpha value is -1.65. The maximum Gasteiger partial charge on any atom is 0.400 e. The zero-order valence-electron chi connectivity index (χ0n) is 9.61. The number of ether oxygens (including phenoxy) is 1. The number of carboxylic acids is 1. The van der Waals surface area contributed by atoms with Gasteiger partial charge in [0.2, 0.25) is 0 Å². The lowest BCUT2D eigenvalue weighted by Crippen LogP contribution is -2.31. The van der Waals surface area contributed by atoms with Crippen molar-refractivity contribution in [2.45, 2.75) is 26.4 Å². The Kier molecular flexibility index (Phi) is 4.04. The van der Waals surface area contributed by atoms with E-state index in [2.05, 4.69) is 4.74 Å². The Balaban J connectivity index is 2.72. The molecule has 1 aromatic carbocycles. The molecule has 1 N–H and O–H groups in total. The molecule has 0 unspecified atom stereocenters. The van der Waals surface area contributed by atoms with Crippen LogP contribution >= 0.6 is 0 Å². The van der Waals surface area contributed by atoms with Crippen LogP contribution in [0.1, 0.15) is 19.4 Å². The lowest BCUT2D eigenvalue weighted by molar-refractivity contribution is -0.207. The topological polar surface area (TPSA) is 46.5 Å². The number of rotatable bonds is 5. The lowest BCUT2D eigenvalue weighted by Gasteiger charge is -2.21. The van der Waals surface area contributed by atoms with Crippen molar-refractivity contribution in [3.8, 4) is 5.75 Å². The van der Waals surface area contributed by atoms with Gasteiger partial charge in [-0.05, 0) is 17.7 Å². The standard InChI is InChI=1S/C12H14F2O3/c1-8(2)12(13,14)17-10-5-3-9(4-6-10)7-11(15)16/h3-6,8H,7H2,1-2H3,(H,15,16). The molecule has 0 aliphatic heterocycles. The van der Waals surface area contributed by atoms with Crippen LogP contribution in [0, 0.1) is 5.92 Å². The van der Waals surface area contributed by atoms with Crippen LogP contribution in [-0.4, -0.2) is 17.2 Å². The summed E-state index contributed by atoms with van der Waals surface area (Å²) < 4.78 is 31.0. The van der Waals surface area contributed by atoms with Gasteiger partial charge in [-0.3, -0.25) is 4.79 Å². The van der Waals surface area contributed by atoms with Crippen LogP contribution in [0.25, 0.3) is 0 Å². The van der Waals surface area contributed by atoms with E-state index in [0.717, 1.165) is 0 Å².